The zero-order valence-corrected chi connectivity index (χ0v) is 12.6. The molecule has 0 atom stereocenters. The first-order chi connectivity index (χ1) is 9.74. The van der Waals surface area contributed by atoms with Gasteiger partial charge in [-0.1, -0.05) is 6.92 Å². The molecule has 5 heteroatoms. The van der Waals surface area contributed by atoms with E-state index in [9.17, 15) is 0 Å². The number of oxazole rings is 1. The van der Waals surface area contributed by atoms with Gasteiger partial charge in [-0.25, -0.2) is 4.98 Å². The summed E-state index contributed by atoms with van der Waals surface area (Å²) >= 11 is 0. The summed E-state index contributed by atoms with van der Waals surface area (Å²) < 4.78 is 7.78. The second-order valence-electron chi connectivity index (χ2n) is 4.96. The molecule has 0 unspecified atom stereocenters. The van der Waals surface area contributed by atoms with Gasteiger partial charge in [-0.05, 0) is 45.8 Å². The molecule has 0 amide bonds. The second kappa shape index (κ2) is 7.24. The predicted molar refractivity (Wildman–Crippen MR) is 79.6 cm³/mol. The first kappa shape index (κ1) is 14.8. The minimum atomic E-state index is 0.805. The molecule has 0 aliphatic rings. The van der Waals surface area contributed by atoms with E-state index in [2.05, 4.69) is 29.2 Å². The lowest BCUT2D eigenvalue weighted by Gasteiger charge is -2.01. The smallest absolute Gasteiger partial charge is 0.195 e. The average Bonchev–Trinajstić information content (AvgIpc) is 3.04. The van der Waals surface area contributed by atoms with E-state index in [-0.39, 0.29) is 0 Å². The van der Waals surface area contributed by atoms with E-state index in [4.69, 9.17) is 4.42 Å². The van der Waals surface area contributed by atoms with E-state index in [1.165, 1.54) is 6.42 Å². The molecule has 0 bridgehead atoms. The van der Waals surface area contributed by atoms with Crippen molar-refractivity contribution in [2.24, 2.45) is 0 Å². The minimum absolute atomic E-state index is 0.805. The van der Waals surface area contributed by atoms with Gasteiger partial charge in [-0.2, -0.15) is 5.10 Å². The third-order valence-corrected chi connectivity index (χ3v) is 3.18. The number of nitrogens with zero attached hydrogens (tertiary/aromatic N) is 3. The maximum Gasteiger partial charge on any atom is 0.195 e. The van der Waals surface area contributed by atoms with Gasteiger partial charge >= 0.3 is 0 Å². The van der Waals surface area contributed by atoms with Crippen LogP contribution in [0.5, 0.6) is 0 Å². The number of hydrogen-bond acceptors (Lipinski definition) is 4. The zero-order chi connectivity index (χ0) is 14.4. The fraction of sp³-hybridized carbons (Fsp3) is 0.600. The molecular weight excluding hydrogens is 252 g/mol. The summed E-state index contributed by atoms with van der Waals surface area (Å²) in [5.41, 5.74) is 2.01. The summed E-state index contributed by atoms with van der Waals surface area (Å²) in [6.07, 6.45) is 4.89. The molecule has 1 N–H and O–H groups in total. The van der Waals surface area contributed by atoms with E-state index >= 15 is 0 Å². The largest absolute Gasteiger partial charge is 0.439 e. The zero-order valence-electron chi connectivity index (χ0n) is 12.6. The molecule has 0 saturated carbocycles. The molecule has 0 radical (unpaired) electrons. The molecule has 20 heavy (non-hydrogen) atoms. The number of rotatable bonds is 8. The van der Waals surface area contributed by atoms with Crippen LogP contribution in [0.4, 0.5) is 0 Å². The van der Waals surface area contributed by atoms with Gasteiger partial charge in [-0.15, -0.1) is 0 Å². The maximum absolute atomic E-state index is 5.83. The molecule has 2 aromatic rings. The Labute approximate surface area is 120 Å². The van der Waals surface area contributed by atoms with Gasteiger partial charge in [0.2, 0.25) is 0 Å². The average molecular weight is 276 g/mol. The van der Waals surface area contributed by atoms with Gasteiger partial charge in [0.15, 0.2) is 11.7 Å². The summed E-state index contributed by atoms with van der Waals surface area (Å²) in [7, 11) is 0. The van der Waals surface area contributed by atoms with Crippen LogP contribution >= 0.6 is 0 Å². The Morgan fingerprint density at radius 1 is 1.30 bits per heavy atom. The van der Waals surface area contributed by atoms with E-state index in [1.54, 1.807) is 6.20 Å². The van der Waals surface area contributed by atoms with Gasteiger partial charge in [-0.3, -0.25) is 4.68 Å². The van der Waals surface area contributed by atoms with Crippen molar-refractivity contribution >= 4 is 0 Å². The third-order valence-electron chi connectivity index (χ3n) is 3.18. The van der Waals surface area contributed by atoms with E-state index in [1.807, 2.05) is 17.7 Å². The molecule has 110 valence electrons. The van der Waals surface area contributed by atoms with Crippen LogP contribution in [-0.4, -0.2) is 27.9 Å². The Kier molecular flexibility index (Phi) is 5.35. The molecule has 0 saturated heterocycles. The number of nitrogens with one attached hydrogen (secondary N) is 1. The van der Waals surface area contributed by atoms with Crippen molar-refractivity contribution in [3.8, 4) is 11.5 Å². The molecule has 2 heterocycles. The van der Waals surface area contributed by atoms with Gasteiger partial charge in [0.05, 0.1) is 11.9 Å². The Morgan fingerprint density at radius 3 is 2.90 bits per heavy atom. The van der Waals surface area contributed by atoms with Crippen molar-refractivity contribution in [2.75, 3.05) is 13.1 Å². The summed E-state index contributed by atoms with van der Waals surface area (Å²) in [5.74, 6) is 1.61. The lowest BCUT2D eigenvalue weighted by atomic mass is 10.3. The van der Waals surface area contributed by atoms with Crippen molar-refractivity contribution in [1.29, 1.82) is 0 Å². The number of aryl methyl sites for hydroxylation is 3. The van der Waals surface area contributed by atoms with Gasteiger partial charge in [0, 0.05) is 13.0 Å². The molecule has 0 aliphatic heterocycles. The summed E-state index contributed by atoms with van der Waals surface area (Å²) in [5, 5.41) is 7.81. The maximum atomic E-state index is 5.83. The quantitative estimate of drug-likeness (QED) is 0.753. The summed E-state index contributed by atoms with van der Waals surface area (Å²) in [4.78, 5) is 4.36. The number of hydrogen-bond donors (Lipinski definition) is 1. The Hall–Kier alpha value is -1.62. The lowest BCUT2D eigenvalue weighted by molar-refractivity contribution is 0.486. The number of aromatic nitrogens is 3. The third kappa shape index (κ3) is 3.70. The van der Waals surface area contributed by atoms with Crippen molar-refractivity contribution in [2.45, 2.75) is 46.6 Å². The molecule has 0 aromatic carbocycles. The minimum Gasteiger partial charge on any atom is -0.439 e. The van der Waals surface area contributed by atoms with E-state index < -0.39 is 0 Å². The van der Waals surface area contributed by atoms with Gasteiger partial charge < -0.3 is 9.73 Å². The predicted octanol–water partition coefficient (Wildman–Crippen LogP) is 2.80. The lowest BCUT2D eigenvalue weighted by Crippen LogP contribution is -2.16. The van der Waals surface area contributed by atoms with Crippen LogP contribution in [0.3, 0.4) is 0 Å². The summed E-state index contributed by atoms with van der Waals surface area (Å²) in [6, 6.07) is 2.04. The Balaban J connectivity index is 1.94. The Morgan fingerprint density at radius 2 is 2.15 bits per heavy atom. The van der Waals surface area contributed by atoms with Gasteiger partial charge in [0.25, 0.3) is 0 Å². The highest BCUT2D eigenvalue weighted by atomic mass is 16.4. The highest BCUT2D eigenvalue weighted by molar-refractivity contribution is 5.51. The van der Waals surface area contributed by atoms with Crippen LogP contribution in [0.1, 0.15) is 38.3 Å². The first-order valence-electron chi connectivity index (χ1n) is 7.44. The second-order valence-corrected chi connectivity index (χ2v) is 4.96. The molecule has 5 nitrogen and oxygen atoms in total. The summed E-state index contributed by atoms with van der Waals surface area (Å²) in [6.45, 7) is 9.16. The topological polar surface area (TPSA) is 55.9 Å². The van der Waals surface area contributed by atoms with Gasteiger partial charge in [0.1, 0.15) is 5.69 Å². The fourth-order valence-electron chi connectivity index (χ4n) is 2.20. The van der Waals surface area contributed by atoms with Crippen molar-refractivity contribution in [3.63, 3.8) is 0 Å². The van der Waals surface area contributed by atoms with Crippen molar-refractivity contribution < 1.29 is 4.42 Å². The Bertz CT molecular complexity index is 530. The van der Waals surface area contributed by atoms with Crippen LogP contribution in [0, 0.1) is 6.92 Å². The van der Waals surface area contributed by atoms with Crippen LogP contribution in [-0.2, 0) is 13.0 Å². The van der Waals surface area contributed by atoms with E-state index in [0.29, 0.717) is 0 Å². The SMILES string of the molecule is CCCNCCCc1ncc(-c2cc(C)nn2CC)o1. The van der Waals surface area contributed by atoms with E-state index in [0.717, 1.165) is 55.5 Å². The first-order valence-corrected chi connectivity index (χ1v) is 7.44. The van der Waals surface area contributed by atoms with Crippen LogP contribution in [0.15, 0.2) is 16.7 Å². The van der Waals surface area contributed by atoms with Crippen LogP contribution in [0.2, 0.25) is 0 Å². The normalized spacial score (nSPS) is 11.2. The molecule has 2 aromatic heterocycles. The highest BCUT2D eigenvalue weighted by Gasteiger charge is 2.12. The standard InChI is InChI=1S/C15H24N4O/c1-4-8-16-9-6-7-15-17-11-14(20-15)13-10-12(3)18-19(13)5-2/h10-11,16H,4-9H2,1-3H3. The van der Waals surface area contributed by atoms with Crippen molar-refractivity contribution in [3.05, 3.63) is 23.8 Å². The van der Waals surface area contributed by atoms with Crippen molar-refractivity contribution in [1.82, 2.24) is 20.1 Å². The van der Waals surface area contributed by atoms with Crippen LogP contribution in [0.25, 0.3) is 11.5 Å². The molecule has 2 rings (SSSR count). The molecule has 0 aliphatic carbocycles. The molecule has 0 fully saturated rings. The van der Waals surface area contributed by atoms with Crippen LogP contribution < -0.4 is 5.32 Å². The fourth-order valence-corrected chi connectivity index (χ4v) is 2.20. The highest BCUT2D eigenvalue weighted by Crippen LogP contribution is 2.21. The molecular formula is C15H24N4O. The monoisotopic (exact) mass is 276 g/mol. The molecule has 0 spiro atoms.